The van der Waals surface area contributed by atoms with Gasteiger partial charge in [0, 0.05) is 65.4 Å². The molecule has 0 saturated carbocycles. The molecule has 5 atom stereocenters. The van der Waals surface area contributed by atoms with Crippen LogP contribution in [0, 0.1) is 0 Å². The summed E-state index contributed by atoms with van der Waals surface area (Å²) in [6.07, 6.45) is 8.30. The summed E-state index contributed by atoms with van der Waals surface area (Å²) in [4.78, 5) is 28.1. The minimum absolute atomic E-state index is 0. The Morgan fingerprint density at radius 1 is 0.486 bits per heavy atom. The quantitative estimate of drug-likeness (QED) is 0.125. The summed E-state index contributed by atoms with van der Waals surface area (Å²) in [6.45, 7) is 7.72. The van der Waals surface area contributed by atoms with E-state index in [4.69, 9.17) is 47.6 Å². The number of hydrogen-bond donors (Lipinski definition) is 2. The number of aliphatic imine (C=N–C) groups is 1. The second-order valence-electron chi connectivity index (χ2n) is 17.5. The van der Waals surface area contributed by atoms with Crippen LogP contribution in [-0.4, -0.2) is 65.7 Å². The molecule has 5 unspecified atom stereocenters. The third-order valence-electron chi connectivity index (χ3n) is 12.3. The Hall–Kier alpha value is -8.07. The minimum Gasteiger partial charge on any atom is -0.490 e. The molecule has 4 aromatic carbocycles. The molecule has 0 radical (unpaired) electrons. The summed E-state index contributed by atoms with van der Waals surface area (Å²) < 4.78 is 44.4. The van der Waals surface area contributed by atoms with Crippen molar-refractivity contribution in [3.63, 3.8) is 0 Å². The number of benzene rings is 4. The van der Waals surface area contributed by atoms with Gasteiger partial charge in [0.25, 0.3) is 0 Å². The molecule has 0 saturated heterocycles. The topological polar surface area (TPSA) is 195 Å². The van der Waals surface area contributed by atoms with E-state index in [-0.39, 0.29) is 48.4 Å². The Morgan fingerprint density at radius 3 is 1.25 bits per heavy atom. The molecule has 8 heterocycles. The number of carbonyl (C=O) groups is 2. The summed E-state index contributed by atoms with van der Waals surface area (Å²) in [5.41, 5.74) is 14.5. The Labute approximate surface area is 422 Å². The summed E-state index contributed by atoms with van der Waals surface area (Å²) in [5, 5.41) is 12.4. The number of rotatable bonds is 4. The summed E-state index contributed by atoms with van der Waals surface area (Å²) in [6, 6.07) is 37.2. The summed E-state index contributed by atoms with van der Waals surface area (Å²) >= 11 is 0. The average molecular weight is 993 g/mol. The van der Waals surface area contributed by atoms with Gasteiger partial charge < -0.3 is 47.6 Å². The highest BCUT2D eigenvalue weighted by molar-refractivity contribution is 6.05. The smallest absolute Gasteiger partial charge is 0.187 e. The van der Waals surface area contributed by atoms with Crippen molar-refractivity contribution in [2.45, 2.75) is 77.4 Å². The zero-order valence-corrected chi connectivity index (χ0v) is 41.1. The number of halogens is 1. The molecule has 12 rings (SSSR count). The third-order valence-corrected chi connectivity index (χ3v) is 12.3. The minimum atomic E-state index is -0.591. The van der Waals surface area contributed by atoms with Crippen LogP contribution in [0.5, 0.6) is 23.0 Å². The number of fused-ring (bicyclic) bond motifs is 4. The van der Waals surface area contributed by atoms with Gasteiger partial charge in [-0.05, 0) is 125 Å². The van der Waals surface area contributed by atoms with Crippen LogP contribution in [0.25, 0.3) is 45.3 Å². The van der Waals surface area contributed by atoms with Crippen molar-refractivity contribution in [3.8, 4) is 68.3 Å². The van der Waals surface area contributed by atoms with Gasteiger partial charge in [-0.25, -0.2) is 0 Å². The fourth-order valence-electron chi connectivity index (χ4n) is 8.66. The van der Waals surface area contributed by atoms with E-state index in [0.29, 0.717) is 41.2 Å². The highest BCUT2D eigenvalue weighted by Crippen LogP contribution is 2.36. The Bertz CT molecular complexity index is 3070. The van der Waals surface area contributed by atoms with Crippen LogP contribution in [-0.2, 0) is 0 Å². The first kappa shape index (κ1) is 50.3. The maximum absolute atomic E-state index is 12.0. The highest BCUT2D eigenvalue weighted by atomic mass is 35.5. The standard InChI is InChI=1S/C15H15NO2.2C14H13NO3.C14H12O3.ClH/c1-10-8-13(16-2)12-6-5-11(9-15(12)18-10)14-4-3-7-17-14;1-9-7-12(15-16)11-5-4-10(8-14(11)18-9)13-3-2-6-17-13;1-8-13(15)14(16)10-5-4-9(7-12(10)18-8)11-3-2-6-17-11;1-9-7-12(15)11-5-4-10(8-14(11)17-9)13-3-2-6-16-13;/h3-7,9-10H,8H2,1-2H3;2-6,8-9,16H,7H2,1H3;2-8,13H,15H2,1H3;2-6,8-9H,7H2,1H3;1H/b;15-12+;;;. The molecule has 4 aliphatic rings. The second-order valence-corrected chi connectivity index (χ2v) is 17.5. The number of furan rings is 4. The molecule has 4 aliphatic heterocycles. The fraction of sp³-hybridized carbons (Fsp3) is 0.228. The maximum Gasteiger partial charge on any atom is 0.187 e. The lowest BCUT2D eigenvalue weighted by molar-refractivity contribution is 0.0815. The zero-order valence-electron chi connectivity index (χ0n) is 40.3. The number of oxime groups is 1. The van der Waals surface area contributed by atoms with Gasteiger partial charge in [-0.15, -0.1) is 12.4 Å². The van der Waals surface area contributed by atoms with Crippen molar-refractivity contribution in [1.82, 2.24) is 0 Å². The molecule has 8 aromatic rings. The van der Waals surface area contributed by atoms with E-state index in [1.165, 1.54) is 0 Å². The van der Waals surface area contributed by atoms with E-state index in [0.717, 1.165) is 80.1 Å². The van der Waals surface area contributed by atoms with Crippen molar-refractivity contribution in [1.29, 1.82) is 0 Å². The van der Waals surface area contributed by atoms with Crippen LogP contribution in [0.4, 0.5) is 0 Å². The number of ether oxygens (including phenoxy) is 4. The molecule has 0 aliphatic carbocycles. The number of Topliss-reactive ketones (excluding diaryl/α,β-unsaturated/α-hetero) is 2. The van der Waals surface area contributed by atoms with Gasteiger partial charge in [0.1, 0.15) is 76.5 Å². The molecule has 0 bridgehead atoms. The van der Waals surface area contributed by atoms with Gasteiger partial charge >= 0.3 is 0 Å². The van der Waals surface area contributed by atoms with E-state index in [2.05, 4.69) is 23.1 Å². The molecule has 14 nitrogen and oxygen atoms in total. The van der Waals surface area contributed by atoms with E-state index in [1.807, 2.05) is 124 Å². The van der Waals surface area contributed by atoms with Crippen LogP contribution in [0.3, 0.4) is 0 Å². The zero-order chi connectivity index (χ0) is 49.6. The molecule has 370 valence electrons. The van der Waals surface area contributed by atoms with Crippen molar-refractivity contribution in [3.05, 3.63) is 169 Å². The Kier molecular flexibility index (Phi) is 15.6. The molecule has 72 heavy (non-hydrogen) atoms. The average Bonchev–Trinajstić information content (AvgIpc) is 4.25. The van der Waals surface area contributed by atoms with Gasteiger partial charge in [-0.1, -0.05) is 29.4 Å². The molecular formula is C57H54ClN3O11. The molecule has 15 heteroatoms. The van der Waals surface area contributed by atoms with Crippen LogP contribution in [0.1, 0.15) is 78.8 Å². The van der Waals surface area contributed by atoms with Crippen molar-refractivity contribution in [2.24, 2.45) is 15.9 Å². The van der Waals surface area contributed by atoms with E-state index >= 15 is 0 Å². The van der Waals surface area contributed by atoms with Gasteiger partial charge in [0.2, 0.25) is 0 Å². The SMILES string of the molecule is CC1C/C(=N\O)c2ccc(-c3ccco3)cc2O1.CC1CC(=O)c2ccc(-c3ccco3)cc2O1.CC1Oc2cc(-c3ccco3)ccc2C(=O)C1N.CN=C1CC(C)Oc2cc(-c3ccco3)ccc21.Cl. The first-order valence-corrected chi connectivity index (χ1v) is 23.3. The highest BCUT2D eigenvalue weighted by Gasteiger charge is 2.32. The molecule has 0 amide bonds. The monoisotopic (exact) mass is 991 g/mol. The van der Waals surface area contributed by atoms with Crippen LogP contribution in [0.2, 0.25) is 0 Å². The summed E-state index contributed by atoms with van der Waals surface area (Å²) in [5.74, 6) is 6.10. The molecule has 0 fully saturated rings. The molecule has 3 N–H and O–H groups in total. The van der Waals surface area contributed by atoms with Crippen LogP contribution in [0.15, 0.2) is 174 Å². The second kappa shape index (κ2) is 22.3. The first-order chi connectivity index (χ1) is 34.5. The molecule has 4 aromatic heterocycles. The number of ketones is 2. The molecular weight excluding hydrogens is 938 g/mol. The number of hydrogen-bond acceptors (Lipinski definition) is 14. The van der Waals surface area contributed by atoms with Gasteiger partial charge in [0.15, 0.2) is 11.6 Å². The van der Waals surface area contributed by atoms with Gasteiger partial charge in [0.05, 0.1) is 41.9 Å². The fourth-order valence-corrected chi connectivity index (χ4v) is 8.66. The van der Waals surface area contributed by atoms with Gasteiger partial charge in [-0.2, -0.15) is 0 Å². The number of carbonyl (C=O) groups excluding carboxylic acids is 2. The summed E-state index contributed by atoms with van der Waals surface area (Å²) in [7, 11) is 1.83. The lowest BCUT2D eigenvalue weighted by Crippen LogP contribution is -2.46. The number of nitrogens with zero attached hydrogens (tertiary/aromatic N) is 2. The first-order valence-electron chi connectivity index (χ1n) is 23.3. The van der Waals surface area contributed by atoms with Crippen LogP contribution >= 0.6 is 12.4 Å². The van der Waals surface area contributed by atoms with E-state index in [9.17, 15) is 9.59 Å². The Morgan fingerprint density at radius 2 is 0.847 bits per heavy atom. The Balaban J connectivity index is 0.000000128. The van der Waals surface area contributed by atoms with E-state index < -0.39 is 6.04 Å². The van der Waals surface area contributed by atoms with Crippen molar-refractivity contribution >= 4 is 35.4 Å². The van der Waals surface area contributed by atoms with Gasteiger partial charge in [-0.3, -0.25) is 14.6 Å². The van der Waals surface area contributed by atoms with Crippen molar-refractivity contribution in [2.75, 3.05) is 7.05 Å². The largest absolute Gasteiger partial charge is 0.490 e. The normalized spacial score (nSPS) is 20.3. The maximum atomic E-state index is 12.0. The number of nitrogens with two attached hydrogens (primary N) is 1. The van der Waals surface area contributed by atoms with Crippen molar-refractivity contribution < 1.29 is 51.4 Å². The lowest BCUT2D eigenvalue weighted by atomic mass is 9.95. The molecule has 0 spiro atoms. The third kappa shape index (κ3) is 11.1. The predicted octanol–water partition coefficient (Wildman–Crippen LogP) is 12.8. The van der Waals surface area contributed by atoms with Crippen LogP contribution < -0.4 is 24.7 Å². The predicted molar refractivity (Wildman–Crippen MR) is 275 cm³/mol. The lowest BCUT2D eigenvalue weighted by Gasteiger charge is -2.27. The van der Waals surface area contributed by atoms with E-state index in [1.54, 1.807) is 44.1 Å².